The first-order valence-corrected chi connectivity index (χ1v) is 14.9. The number of rotatable bonds is 8. The van der Waals surface area contributed by atoms with Crippen LogP contribution in [0.5, 0.6) is 11.5 Å². The van der Waals surface area contributed by atoms with E-state index in [0.717, 1.165) is 46.0 Å². The minimum atomic E-state index is -3.49. The molecule has 2 unspecified atom stereocenters. The van der Waals surface area contributed by atoms with Gasteiger partial charge in [0.1, 0.15) is 11.5 Å². The number of benzene rings is 2. The number of anilines is 2. The Hall–Kier alpha value is -4.09. The molecule has 11 heteroatoms. The SMILES string of the molecule is COc1cccc(-n2c(C)cc(C3C(c4ccccn4)NC(=S)N3c3ccc(NS(C)(=O)=O)c(OC)c3)c2C)c1. The van der Waals surface area contributed by atoms with Crippen molar-refractivity contribution in [3.63, 3.8) is 0 Å². The van der Waals surface area contributed by atoms with Gasteiger partial charge >= 0.3 is 0 Å². The second kappa shape index (κ2) is 10.8. The van der Waals surface area contributed by atoms with Crippen LogP contribution in [0.2, 0.25) is 0 Å². The minimum Gasteiger partial charge on any atom is -0.497 e. The van der Waals surface area contributed by atoms with Crippen molar-refractivity contribution in [1.82, 2.24) is 14.9 Å². The maximum Gasteiger partial charge on any atom is 0.229 e. The number of ether oxygens (including phenoxy) is 2. The van der Waals surface area contributed by atoms with Crippen LogP contribution < -0.4 is 24.4 Å². The maximum absolute atomic E-state index is 11.9. The normalized spacial score (nSPS) is 17.0. The van der Waals surface area contributed by atoms with Crippen LogP contribution in [0.4, 0.5) is 11.4 Å². The molecule has 2 atom stereocenters. The van der Waals surface area contributed by atoms with Gasteiger partial charge in [0, 0.05) is 41.1 Å². The Morgan fingerprint density at radius 1 is 0.975 bits per heavy atom. The minimum absolute atomic E-state index is 0.243. The molecule has 1 saturated heterocycles. The molecule has 0 spiro atoms. The molecule has 2 aromatic heterocycles. The summed E-state index contributed by atoms with van der Waals surface area (Å²) in [6, 6.07) is 20.8. The summed E-state index contributed by atoms with van der Waals surface area (Å²) < 4.78 is 39.6. The monoisotopic (exact) mass is 577 g/mol. The summed E-state index contributed by atoms with van der Waals surface area (Å²) in [4.78, 5) is 6.69. The van der Waals surface area contributed by atoms with Gasteiger partial charge in [0.05, 0.1) is 43.9 Å². The fourth-order valence-corrected chi connectivity index (χ4v) is 6.21. The highest BCUT2D eigenvalue weighted by Crippen LogP contribution is 2.45. The summed E-state index contributed by atoms with van der Waals surface area (Å²) in [5.41, 5.74) is 6.13. The summed E-state index contributed by atoms with van der Waals surface area (Å²) in [5, 5.41) is 4.01. The number of aromatic nitrogens is 2. The zero-order valence-electron chi connectivity index (χ0n) is 22.9. The summed E-state index contributed by atoms with van der Waals surface area (Å²) in [6.07, 6.45) is 2.87. The van der Waals surface area contributed by atoms with Crippen LogP contribution in [0.25, 0.3) is 5.69 Å². The van der Waals surface area contributed by atoms with Gasteiger partial charge in [-0.15, -0.1) is 0 Å². The average Bonchev–Trinajstić information content (AvgIpc) is 3.43. The van der Waals surface area contributed by atoms with Gasteiger partial charge in [0.2, 0.25) is 10.0 Å². The van der Waals surface area contributed by atoms with Crippen molar-refractivity contribution in [2.45, 2.75) is 25.9 Å². The van der Waals surface area contributed by atoms with E-state index in [1.807, 2.05) is 47.4 Å². The molecule has 9 nitrogen and oxygen atoms in total. The molecule has 208 valence electrons. The molecule has 0 bridgehead atoms. The van der Waals surface area contributed by atoms with E-state index in [-0.39, 0.29) is 12.1 Å². The van der Waals surface area contributed by atoms with E-state index in [0.29, 0.717) is 16.5 Å². The lowest BCUT2D eigenvalue weighted by molar-refractivity contribution is 0.414. The Kier molecular flexibility index (Phi) is 7.43. The van der Waals surface area contributed by atoms with Crippen molar-refractivity contribution in [3.8, 4) is 17.2 Å². The summed E-state index contributed by atoms with van der Waals surface area (Å²) in [5.74, 6) is 1.16. The third kappa shape index (κ3) is 5.22. The molecule has 1 fully saturated rings. The molecular weight excluding hydrogens is 546 g/mol. The van der Waals surface area contributed by atoms with E-state index in [2.05, 4.69) is 45.6 Å². The molecule has 2 aromatic carbocycles. The molecule has 5 rings (SSSR count). The maximum atomic E-state index is 11.9. The van der Waals surface area contributed by atoms with E-state index < -0.39 is 10.0 Å². The molecule has 3 heterocycles. The first kappa shape index (κ1) is 27.5. The lowest BCUT2D eigenvalue weighted by Crippen LogP contribution is -2.29. The summed E-state index contributed by atoms with van der Waals surface area (Å²) in [7, 11) is -0.331. The number of aryl methyl sites for hydroxylation is 1. The Balaban J connectivity index is 1.66. The van der Waals surface area contributed by atoms with Gasteiger partial charge in [-0.05, 0) is 74.1 Å². The molecule has 40 heavy (non-hydrogen) atoms. The largest absolute Gasteiger partial charge is 0.497 e. The fraction of sp³-hybridized carbons (Fsp3) is 0.241. The standard InChI is InChI=1S/C29H31N5O4S2/c1-18-15-23(19(2)33(18)20-9-8-10-22(16-20)37-3)28-27(25-11-6-7-14-30-25)31-29(39)34(28)21-12-13-24(26(17-21)38-4)32-40(5,35)36/h6-17,27-28,32H,1-5H3,(H,31,39). The predicted molar refractivity (Wildman–Crippen MR) is 161 cm³/mol. The second-order valence-corrected chi connectivity index (χ2v) is 11.8. The van der Waals surface area contributed by atoms with Gasteiger partial charge < -0.3 is 24.3 Å². The molecule has 4 aromatic rings. The van der Waals surface area contributed by atoms with Crippen LogP contribution in [-0.4, -0.2) is 43.6 Å². The highest BCUT2D eigenvalue weighted by molar-refractivity contribution is 7.92. The molecule has 1 aliphatic rings. The number of thiocarbonyl (C=S) groups is 1. The van der Waals surface area contributed by atoms with Crippen LogP contribution in [-0.2, 0) is 10.0 Å². The van der Waals surface area contributed by atoms with E-state index in [4.69, 9.17) is 21.7 Å². The smallest absolute Gasteiger partial charge is 0.229 e. The zero-order valence-corrected chi connectivity index (χ0v) is 24.5. The van der Waals surface area contributed by atoms with E-state index >= 15 is 0 Å². The van der Waals surface area contributed by atoms with Gasteiger partial charge in [-0.1, -0.05) is 12.1 Å². The highest BCUT2D eigenvalue weighted by Gasteiger charge is 2.42. The fourth-order valence-electron chi connectivity index (χ4n) is 5.30. The third-order valence-corrected chi connectivity index (χ3v) is 7.86. The zero-order chi connectivity index (χ0) is 28.6. The number of hydrogen-bond donors (Lipinski definition) is 2. The van der Waals surface area contributed by atoms with Gasteiger partial charge in [0.15, 0.2) is 5.11 Å². The number of nitrogens with zero attached hydrogens (tertiary/aromatic N) is 3. The Morgan fingerprint density at radius 2 is 1.77 bits per heavy atom. The second-order valence-electron chi connectivity index (χ2n) is 9.62. The molecule has 1 aliphatic heterocycles. The summed E-state index contributed by atoms with van der Waals surface area (Å²) >= 11 is 5.90. The topological polar surface area (TPSA) is 97.7 Å². The van der Waals surface area contributed by atoms with Crippen molar-refractivity contribution in [1.29, 1.82) is 0 Å². The lowest BCUT2D eigenvalue weighted by Gasteiger charge is -2.29. The van der Waals surface area contributed by atoms with E-state index in [9.17, 15) is 8.42 Å². The average molecular weight is 578 g/mol. The van der Waals surface area contributed by atoms with Crippen molar-refractivity contribution >= 4 is 38.7 Å². The number of sulfonamides is 1. The van der Waals surface area contributed by atoms with Crippen LogP contribution in [0, 0.1) is 13.8 Å². The Morgan fingerprint density at radius 3 is 2.45 bits per heavy atom. The van der Waals surface area contributed by atoms with E-state index in [1.54, 1.807) is 25.4 Å². The Bertz CT molecular complexity index is 1670. The molecular formula is C29H31N5O4S2. The quantitative estimate of drug-likeness (QED) is 0.281. The highest BCUT2D eigenvalue weighted by atomic mass is 32.2. The van der Waals surface area contributed by atoms with Crippen molar-refractivity contribution in [2.24, 2.45) is 0 Å². The number of pyridine rings is 1. The molecule has 0 aliphatic carbocycles. The van der Waals surface area contributed by atoms with Crippen LogP contribution in [0.1, 0.15) is 34.7 Å². The molecule has 0 saturated carbocycles. The third-order valence-electron chi connectivity index (χ3n) is 6.96. The van der Waals surface area contributed by atoms with Crippen LogP contribution in [0.3, 0.4) is 0 Å². The molecule has 2 N–H and O–H groups in total. The molecule has 0 amide bonds. The van der Waals surface area contributed by atoms with Crippen molar-refractivity contribution in [3.05, 3.63) is 95.6 Å². The van der Waals surface area contributed by atoms with Gasteiger partial charge in [0.25, 0.3) is 0 Å². The van der Waals surface area contributed by atoms with Crippen LogP contribution >= 0.6 is 12.2 Å². The van der Waals surface area contributed by atoms with Crippen molar-refractivity contribution in [2.75, 3.05) is 30.1 Å². The molecule has 0 radical (unpaired) electrons. The number of nitrogens with one attached hydrogen (secondary N) is 2. The van der Waals surface area contributed by atoms with E-state index in [1.165, 1.54) is 7.11 Å². The predicted octanol–water partition coefficient (Wildman–Crippen LogP) is 5.05. The van der Waals surface area contributed by atoms with Gasteiger partial charge in [-0.2, -0.15) is 0 Å². The summed E-state index contributed by atoms with van der Waals surface area (Å²) in [6.45, 7) is 4.17. The van der Waals surface area contributed by atoms with Crippen LogP contribution in [0.15, 0.2) is 72.9 Å². The number of methoxy groups -OCH3 is 2. The lowest BCUT2D eigenvalue weighted by atomic mass is 9.96. The number of hydrogen-bond acceptors (Lipinski definition) is 6. The van der Waals surface area contributed by atoms with Gasteiger partial charge in [-0.3, -0.25) is 9.71 Å². The van der Waals surface area contributed by atoms with Gasteiger partial charge in [-0.25, -0.2) is 8.42 Å². The van der Waals surface area contributed by atoms with Crippen molar-refractivity contribution < 1.29 is 17.9 Å². The first-order chi connectivity index (χ1) is 19.1. The first-order valence-electron chi connectivity index (χ1n) is 12.6. The Labute approximate surface area is 239 Å².